The third-order valence-electron chi connectivity index (χ3n) is 2.50. The summed E-state index contributed by atoms with van der Waals surface area (Å²) in [7, 11) is 0. The number of unbranched alkanes of at least 4 members (excludes halogenated alkanes) is 1. The molecule has 9 heteroatoms. The lowest BCUT2D eigenvalue weighted by molar-refractivity contribution is -0.127. The van der Waals surface area contributed by atoms with Crippen molar-refractivity contribution in [3.63, 3.8) is 0 Å². The van der Waals surface area contributed by atoms with Crippen LogP contribution >= 0.6 is 0 Å². The van der Waals surface area contributed by atoms with Gasteiger partial charge in [-0.25, -0.2) is 0 Å². The number of nitrogens with one attached hydrogen (secondary N) is 3. The Bertz CT molecular complexity index is 362. The van der Waals surface area contributed by atoms with Crippen LogP contribution in [0.1, 0.15) is 19.3 Å². The van der Waals surface area contributed by atoms with E-state index in [-0.39, 0.29) is 19.6 Å². The molecule has 0 unspecified atom stereocenters. The standard InChI is InChI=1S/C12H22N5O4/c13-4-2-1-3-9(8-18)17-12(21)7-16-11(20)6-15-10(19)5-14/h9H,1-7,13-14H2,(H,15,19)(H,16,20)(H,17,21)/t9-/m0/s1. The highest BCUT2D eigenvalue weighted by Crippen LogP contribution is 1.97. The first-order valence-electron chi connectivity index (χ1n) is 6.64. The van der Waals surface area contributed by atoms with Gasteiger partial charge >= 0.3 is 0 Å². The Kier molecular flexibility index (Phi) is 10.7. The van der Waals surface area contributed by atoms with Crippen LogP contribution in [-0.4, -0.2) is 56.2 Å². The van der Waals surface area contributed by atoms with E-state index in [1.165, 1.54) is 0 Å². The van der Waals surface area contributed by atoms with Crippen molar-refractivity contribution in [2.75, 3.05) is 26.2 Å². The Labute approximate surface area is 123 Å². The Morgan fingerprint density at radius 1 is 0.952 bits per heavy atom. The molecule has 1 radical (unpaired) electrons. The van der Waals surface area contributed by atoms with Gasteiger partial charge in [0.2, 0.25) is 24.0 Å². The Morgan fingerprint density at radius 2 is 1.57 bits per heavy atom. The molecule has 0 saturated carbocycles. The maximum atomic E-state index is 11.5. The molecule has 7 N–H and O–H groups in total. The van der Waals surface area contributed by atoms with Crippen molar-refractivity contribution in [3.8, 4) is 0 Å². The fourth-order valence-corrected chi connectivity index (χ4v) is 1.39. The van der Waals surface area contributed by atoms with Crippen LogP contribution < -0.4 is 27.4 Å². The van der Waals surface area contributed by atoms with Crippen LogP contribution in [0.15, 0.2) is 0 Å². The lowest BCUT2D eigenvalue weighted by Gasteiger charge is -2.12. The van der Waals surface area contributed by atoms with E-state index in [9.17, 15) is 19.2 Å². The predicted octanol–water partition coefficient (Wildman–Crippen LogP) is -3.10. The molecule has 0 spiro atoms. The van der Waals surface area contributed by atoms with E-state index < -0.39 is 23.8 Å². The molecule has 0 fully saturated rings. The zero-order valence-corrected chi connectivity index (χ0v) is 11.8. The fraction of sp³-hybridized carbons (Fsp3) is 0.667. The molecule has 0 aromatic rings. The normalized spacial score (nSPS) is 11.3. The molecule has 0 bridgehead atoms. The van der Waals surface area contributed by atoms with Crippen LogP contribution in [0.3, 0.4) is 0 Å². The number of hydrogen-bond acceptors (Lipinski definition) is 6. The van der Waals surface area contributed by atoms with Gasteiger partial charge in [-0.1, -0.05) is 0 Å². The van der Waals surface area contributed by atoms with E-state index in [1.807, 2.05) is 0 Å². The quantitative estimate of drug-likeness (QED) is 0.254. The van der Waals surface area contributed by atoms with E-state index in [4.69, 9.17) is 11.5 Å². The fourth-order valence-electron chi connectivity index (χ4n) is 1.39. The average molecular weight is 300 g/mol. The van der Waals surface area contributed by atoms with Crippen molar-refractivity contribution >= 4 is 24.0 Å². The summed E-state index contributed by atoms with van der Waals surface area (Å²) >= 11 is 0. The summed E-state index contributed by atoms with van der Waals surface area (Å²) in [6.45, 7) is -0.243. The van der Waals surface area contributed by atoms with Gasteiger partial charge in [-0.3, -0.25) is 19.2 Å². The summed E-state index contributed by atoms with van der Waals surface area (Å²) in [5.74, 6) is -1.50. The number of rotatable bonds is 11. The summed E-state index contributed by atoms with van der Waals surface area (Å²) in [4.78, 5) is 44.3. The first-order valence-corrected chi connectivity index (χ1v) is 6.64. The summed E-state index contributed by atoms with van der Waals surface area (Å²) in [5.41, 5.74) is 10.4. The molecule has 0 aliphatic heterocycles. The second-order valence-electron chi connectivity index (χ2n) is 4.28. The Morgan fingerprint density at radius 3 is 2.14 bits per heavy atom. The molecule has 1 atom stereocenters. The molecule has 0 saturated heterocycles. The molecule has 0 aromatic carbocycles. The average Bonchev–Trinajstić information content (AvgIpc) is 2.49. The van der Waals surface area contributed by atoms with Gasteiger partial charge in [-0.05, 0) is 25.8 Å². The lowest BCUT2D eigenvalue weighted by atomic mass is 10.1. The molecule has 9 nitrogen and oxygen atoms in total. The second kappa shape index (κ2) is 11.8. The highest BCUT2D eigenvalue weighted by molar-refractivity contribution is 5.89. The number of nitrogens with two attached hydrogens (primary N) is 2. The summed E-state index contributed by atoms with van der Waals surface area (Å²) < 4.78 is 0. The van der Waals surface area contributed by atoms with Gasteiger partial charge in [0, 0.05) is 0 Å². The van der Waals surface area contributed by atoms with Crippen LogP contribution in [0.4, 0.5) is 0 Å². The number of carbonyl (C=O) groups excluding carboxylic acids is 4. The summed E-state index contributed by atoms with van der Waals surface area (Å²) in [6, 6.07) is -0.710. The second-order valence-corrected chi connectivity index (χ2v) is 4.28. The van der Waals surface area contributed by atoms with Gasteiger partial charge < -0.3 is 27.4 Å². The molecule has 0 aliphatic rings. The van der Waals surface area contributed by atoms with Gasteiger partial charge in [0.1, 0.15) is 0 Å². The third-order valence-corrected chi connectivity index (χ3v) is 2.50. The maximum Gasteiger partial charge on any atom is 0.239 e. The third kappa shape index (κ3) is 10.4. The van der Waals surface area contributed by atoms with E-state index in [2.05, 4.69) is 16.0 Å². The number of hydrogen-bond donors (Lipinski definition) is 5. The SMILES string of the molecule is NCCCC[C@@H]([C]=O)NC(=O)CNC(=O)CNC(=O)CN. The molecule has 0 heterocycles. The van der Waals surface area contributed by atoms with Crippen LogP contribution in [0.25, 0.3) is 0 Å². The van der Waals surface area contributed by atoms with Gasteiger partial charge in [0.25, 0.3) is 0 Å². The summed E-state index contributed by atoms with van der Waals surface area (Å²) in [5, 5.41) is 6.99. The number of carbonyl (C=O) groups is 3. The van der Waals surface area contributed by atoms with Gasteiger partial charge in [-0.15, -0.1) is 0 Å². The zero-order valence-electron chi connectivity index (χ0n) is 11.8. The number of amides is 3. The van der Waals surface area contributed by atoms with E-state index >= 15 is 0 Å². The van der Waals surface area contributed by atoms with E-state index in [0.717, 1.165) is 6.42 Å². The molecule has 119 valence electrons. The largest absolute Gasteiger partial charge is 0.346 e. The molecule has 0 aromatic heterocycles. The van der Waals surface area contributed by atoms with Crippen LogP contribution in [0.5, 0.6) is 0 Å². The molecular formula is C12H22N5O4. The smallest absolute Gasteiger partial charge is 0.239 e. The maximum absolute atomic E-state index is 11.5. The zero-order chi connectivity index (χ0) is 16.1. The predicted molar refractivity (Wildman–Crippen MR) is 75.6 cm³/mol. The topological polar surface area (TPSA) is 156 Å². The highest BCUT2D eigenvalue weighted by atomic mass is 16.2. The minimum absolute atomic E-state index is 0.215. The summed E-state index contributed by atoms with van der Waals surface area (Å²) in [6.07, 6.45) is 3.63. The molecule has 3 amide bonds. The molecule has 0 rings (SSSR count). The molecular weight excluding hydrogens is 278 g/mol. The Balaban J connectivity index is 3.88. The minimum atomic E-state index is -0.710. The first-order chi connectivity index (χ1) is 10.0. The lowest BCUT2D eigenvalue weighted by Crippen LogP contribution is -2.45. The van der Waals surface area contributed by atoms with E-state index in [0.29, 0.717) is 19.4 Å². The van der Waals surface area contributed by atoms with Crippen molar-refractivity contribution in [2.24, 2.45) is 11.5 Å². The van der Waals surface area contributed by atoms with Crippen molar-refractivity contribution in [2.45, 2.75) is 25.3 Å². The van der Waals surface area contributed by atoms with Crippen LogP contribution in [0.2, 0.25) is 0 Å². The monoisotopic (exact) mass is 300 g/mol. The Hall–Kier alpha value is -2.00. The molecule has 21 heavy (non-hydrogen) atoms. The van der Waals surface area contributed by atoms with Gasteiger partial charge in [0.05, 0.1) is 25.7 Å². The van der Waals surface area contributed by atoms with Crippen molar-refractivity contribution in [1.82, 2.24) is 16.0 Å². The van der Waals surface area contributed by atoms with Crippen molar-refractivity contribution in [3.05, 3.63) is 0 Å². The van der Waals surface area contributed by atoms with Gasteiger partial charge in [0.15, 0.2) is 0 Å². The van der Waals surface area contributed by atoms with E-state index in [1.54, 1.807) is 6.29 Å². The first kappa shape index (κ1) is 19.0. The minimum Gasteiger partial charge on any atom is -0.346 e. The van der Waals surface area contributed by atoms with Crippen LogP contribution in [-0.2, 0) is 19.2 Å². The molecule has 0 aliphatic carbocycles. The van der Waals surface area contributed by atoms with Crippen molar-refractivity contribution < 1.29 is 19.2 Å². The van der Waals surface area contributed by atoms with Gasteiger partial charge in [-0.2, -0.15) is 0 Å². The van der Waals surface area contributed by atoms with Crippen molar-refractivity contribution in [1.29, 1.82) is 0 Å². The van der Waals surface area contributed by atoms with Crippen LogP contribution in [0, 0.1) is 0 Å². The highest BCUT2D eigenvalue weighted by Gasteiger charge is 2.12.